The van der Waals surface area contributed by atoms with Crippen LogP contribution >= 0.6 is 0 Å². The van der Waals surface area contributed by atoms with E-state index in [1.165, 1.54) is 0 Å². The third-order valence-electron chi connectivity index (χ3n) is 2.97. The summed E-state index contributed by atoms with van der Waals surface area (Å²) in [4.78, 5) is 0. The summed E-state index contributed by atoms with van der Waals surface area (Å²) in [5.74, 6) is 0.264. The van der Waals surface area contributed by atoms with Gasteiger partial charge in [-0.25, -0.2) is 0 Å². The number of hydrogen-bond acceptors (Lipinski definition) is 3. The second-order valence-corrected chi connectivity index (χ2v) is 5.45. The molecule has 3 nitrogen and oxygen atoms in total. The van der Waals surface area contributed by atoms with Crippen molar-refractivity contribution in [2.45, 2.75) is 20.8 Å². The standard InChI is InChI=1S/3C7H8O.Al/c3*1-6-3-2-4-7(8)5-6;/h3*2-5,8H,1H3;/q;;;+3/p-3. The maximum absolute atomic E-state index is 10.5. The second-order valence-electron chi connectivity index (χ2n) is 5.45. The zero-order valence-corrected chi connectivity index (χ0v) is 15.9. The Morgan fingerprint density at radius 3 is 0.840 bits per heavy atom. The van der Waals surface area contributed by atoms with Gasteiger partial charge in [-0.1, -0.05) is 89.5 Å². The molecule has 25 heavy (non-hydrogen) atoms. The fourth-order valence-corrected chi connectivity index (χ4v) is 1.85. The van der Waals surface area contributed by atoms with Gasteiger partial charge in [0.2, 0.25) is 0 Å². The normalized spacial score (nSPS) is 8.76. The molecule has 126 valence electrons. The molecule has 0 amide bonds. The van der Waals surface area contributed by atoms with Crippen molar-refractivity contribution in [2.75, 3.05) is 0 Å². The topological polar surface area (TPSA) is 69.2 Å². The summed E-state index contributed by atoms with van der Waals surface area (Å²) in [7, 11) is 0. The van der Waals surface area contributed by atoms with E-state index in [-0.39, 0.29) is 34.6 Å². The van der Waals surface area contributed by atoms with Crippen LogP contribution in [0.3, 0.4) is 0 Å². The minimum atomic E-state index is 0. The van der Waals surface area contributed by atoms with Gasteiger partial charge in [0, 0.05) is 0 Å². The van der Waals surface area contributed by atoms with Crippen molar-refractivity contribution in [3.63, 3.8) is 0 Å². The van der Waals surface area contributed by atoms with Crippen molar-refractivity contribution in [2.24, 2.45) is 0 Å². The van der Waals surface area contributed by atoms with E-state index in [2.05, 4.69) is 0 Å². The van der Waals surface area contributed by atoms with Gasteiger partial charge in [-0.15, -0.1) is 17.2 Å². The third kappa shape index (κ3) is 10.9. The number of hydrogen-bond donors (Lipinski definition) is 0. The van der Waals surface area contributed by atoms with Crippen LogP contribution in [0.1, 0.15) is 16.7 Å². The smallest absolute Gasteiger partial charge is 0.872 e. The van der Waals surface area contributed by atoms with E-state index in [0.717, 1.165) is 16.7 Å². The SMILES string of the molecule is Cc1cccc([O-])c1.Cc1cccc([O-])c1.Cc1cccc([O-])c1.[Al+3]. The van der Waals surface area contributed by atoms with Crippen LogP contribution in [0.2, 0.25) is 0 Å². The van der Waals surface area contributed by atoms with Crippen LogP contribution in [0.15, 0.2) is 72.8 Å². The monoisotopic (exact) mass is 348 g/mol. The number of benzene rings is 3. The molecule has 0 aliphatic rings. The first kappa shape index (κ1) is 22.6. The van der Waals surface area contributed by atoms with Crippen molar-refractivity contribution in [1.29, 1.82) is 0 Å². The second kappa shape index (κ2) is 12.0. The van der Waals surface area contributed by atoms with Crippen LogP contribution in [-0.2, 0) is 0 Å². The Morgan fingerprint density at radius 2 is 0.720 bits per heavy atom. The molecule has 3 rings (SSSR count). The molecule has 0 fully saturated rings. The summed E-state index contributed by atoms with van der Waals surface area (Å²) in [5, 5.41) is 31.5. The average molecular weight is 348 g/mol. The Kier molecular flexibility index (Phi) is 10.9. The van der Waals surface area contributed by atoms with E-state index >= 15 is 0 Å². The van der Waals surface area contributed by atoms with E-state index in [0.29, 0.717) is 0 Å². The molecule has 4 heteroatoms. The summed E-state index contributed by atoms with van der Waals surface area (Å²) in [6, 6.07) is 20.5. The summed E-state index contributed by atoms with van der Waals surface area (Å²) in [6.07, 6.45) is 0. The first-order valence-electron chi connectivity index (χ1n) is 7.58. The summed E-state index contributed by atoms with van der Waals surface area (Å²) in [6.45, 7) is 5.71. The largest absolute Gasteiger partial charge is 3.00 e. The van der Waals surface area contributed by atoms with Gasteiger partial charge in [0.1, 0.15) is 0 Å². The van der Waals surface area contributed by atoms with Crippen LogP contribution in [0.25, 0.3) is 0 Å². The quantitative estimate of drug-likeness (QED) is 0.587. The predicted octanol–water partition coefficient (Wildman–Crippen LogP) is 2.83. The first-order valence-corrected chi connectivity index (χ1v) is 7.58. The van der Waals surface area contributed by atoms with Crippen molar-refractivity contribution in [3.8, 4) is 17.2 Å². The first-order chi connectivity index (χ1) is 11.4. The maximum atomic E-state index is 10.5. The molecular formula is C21H21AlO3. The summed E-state index contributed by atoms with van der Waals surface area (Å²) >= 11 is 0. The van der Waals surface area contributed by atoms with Gasteiger partial charge >= 0.3 is 17.4 Å². The molecule has 0 bridgehead atoms. The van der Waals surface area contributed by atoms with Crippen LogP contribution in [-0.4, -0.2) is 17.4 Å². The van der Waals surface area contributed by atoms with E-state index in [1.807, 2.05) is 39.0 Å². The molecule has 3 aromatic carbocycles. The number of rotatable bonds is 0. The molecule has 0 saturated carbocycles. The van der Waals surface area contributed by atoms with Crippen LogP contribution in [0, 0.1) is 20.8 Å². The van der Waals surface area contributed by atoms with Crippen LogP contribution in [0.4, 0.5) is 0 Å². The van der Waals surface area contributed by atoms with Crippen LogP contribution in [0.5, 0.6) is 17.2 Å². The van der Waals surface area contributed by atoms with Gasteiger partial charge in [0.15, 0.2) is 0 Å². The molecule has 0 radical (unpaired) electrons. The zero-order chi connectivity index (χ0) is 17.9. The van der Waals surface area contributed by atoms with Crippen molar-refractivity contribution in [3.05, 3.63) is 89.5 Å². The van der Waals surface area contributed by atoms with Crippen molar-refractivity contribution < 1.29 is 15.3 Å². The molecule has 0 saturated heterocycles. The van der Waals surface area contributed by atoms with Gasteiger partial charge in [0.05, 0.1) is 0 Å². The fourth-order valence-electron chi connectivity index (χ4n) is 1.85. The van der Waals surface area contributed by atoms with E-state index in [9.17, 15) is 15.3 Å². The molecular weight excluding hydrogens is 327 g/mol. The van der Waals surface area contributed by atoms with Gasteiger partial charge in [-0.3, -0.25) is 0 Å². The predicted molar refractivity (Wildman–Crippen MR) is 97.6 cm³/mol. The van der Waals surface area contributed by atoms with Gasteiger partial charge < -0.3 is 15.3 Å². The molecule has 0 unspecified atom stereocenters. The summed E-state index contributed by atoms with van der Waals surface area (Å²) < 4.78 is 0. The van der Waals surface area contributed by atoms with Gasteiger partial charge in [-0.05, 0) is 20.8 Å². The Balaban J connectivity index is 0.000000339. The average Bonchev–Trinajstić information content (AvgIpc) is 2.47. The zero-order valence-electron chi connectivity index (χ0n) is 14.7. The maximum Gasteiger partial charge on any atom is 3.00 e. The molecule has 0 aliphatic heterocycles. The van der Waals surface area contributed by atoms with E-state index < -0.39 is 0 Å². The minimum absolute atomic E-state index is 0. The van der Waals surface area contributed by atoms with Gasteiger partial charge in [-0.2, -0.15) is 0 Å². The molecule has 0 aromatic heterocycles. The Bertz CT molecular complexity index is 602. The molecule has 0 heterocycles. The fraction of sp³-hybridized carbons (Fsp3) is 0.143. The van der Waals surface area contributed by atoms with Crippen molar-refractivity contribution in [1.82, 2.24) is 0 Å². The Morgan fingerprint density at radius 1 is 0.480 bits per heavy atom. The molecule has 0 N–H and O–H groups in total. The molecule has 0 atom stereocenters. The van der Waals surface area contributed by atoms with Gasteiger partial charge in [0.25, 0.3) is 0 Å². The molecule has 0 spiro atoms. The molecule has 3 aromatic rings. The number of aryl methyl sites for hydroxylation is 3. The van der Waals surface area contributed by atoms with Crippen LogP contribution < -0.4 is 15.3 Å². The van der Waals surface area contributed by atoms with Crippen molar-refractivity contribution >= 4 is 17.4 Å². The Labute approximate surface area is 160 Å². The summed E-state index contributed by atoms with van der Waals surface area (Å²) in [5.41, 5.74) is 3.08. The third-order valence-corrected chi connectivity index (χ3v) is 2.97. The van der Waals surface area contributed by atoms with E-state index in [4.69, 9.17) is 0 Å². The molecule has 0 aliphatic carbocycles. The minimum Gasteiger partial charge on any atom is -0.872 e. The van der Waals surface area contributed by atoms with E-state index in [1.54, 1.807) is 54.6 Å². The Hall–Kier alpha value is -2.41.